The lowest BCUT2D eigenvalue weighted by atomic mass is 10.1. The summed E-state index contributed by atoms with van der Waals surface area (Å²) in [6.45, 7) is 0. The normalized spacial score (nSPS) is 11.4. The highest BCUT2D eigenvalue weighted by Crippen LogP contribution is 2.39. The van der Waals surface area contributed by atoms with Crippen molar-refractivity contribution in [2.45, 2.75) is 6.18 Å². The quantitative estimate of drug-likeness (QED) is 0.803. The van der Waals surface area contributed by atoms with Crippen LogP contribution in [0.25, 0.3) is 0 Å². The lowest BCUT2D eigenvalue weighted by molar-refractivity contribution is -0.138. The van der Waals surface area contributed by atoms with E-state index in [0.29, 0.717) is 0 Å². The van der Waals surface area contributed by atoms with Crippen LogP contribution in [-0.2, 0) is 18.6 Å². The zero-order valence-corrected chi connectivity index (χ0v) is 9.00. The van der Waals surface area contributed by atoms with Crippen molar-refractivity contribution in [2.75, 3.05) is 5.73 Å². The van der Waals surface area contributed by atoms with Gasteiger partial charge in [0.25, 0.3) is 0 Å². The Bertz CT molecular complexity index is 378. The van der Waals surface area contributed by atoms with E-state index in [9.17, 15) is 13.2 Å². The van der Waals surface area contributed by atoms with Gasteiger partial charge in [-0.1, -0.05) is 15.9 Å². The summed E-state index contributed by atoms with van der Waals surface area (Å²) in [6.07, 6.45) is -4.44. The van der Waals surface area contributed by atoms with Gasteiger partial charge in [0.15, 0.2) is 0 Å². The molecule has 1 aromatic carbocycles. The molecule has 0 aliphatic heterocycles. The fourth-order valence-electron chi connectivity index (χ4n) is 0.876. The second-order valence-corrected chi connectivity index (χ2v) is 3.52. The molecule has 76 valence electrons. The van der Waals surface area contributed by atoms with Crippen molar-refractivity contribution in [3.05, 3.63) is 22.2 Å². The second-order valence-electron chi connectivity index (χ2n) is 2.48. The summed E-state index contributed by atoms with van der Waals surface area (Å²) in [5.41, 5.74) is 4.55. The zero-order chi connectivity index (χ0) is 10.9. The lowest BCUT2D eigenvalue weighted by Gasteiger charge is -2.10. The monoisotopic (exact) mass is 284 g/mol. The number of rotatable bonds is 1. The van der Waals surface area contributed by atoms with Crippen LogP contribution in [0.2, 0.25) is 0 Å². The molecule has 0 radical (unpaired) electrons. The Balaban J connectivity index is 3.36. The van der Waals surface area contributed by atoms with Crippen molar-refractivity contribution in [3.8, 4) is 0 Å². The van der Waals surface area contributed by atoms with E-state index in [1.54, 1.807) is 0 Å². The number of hydrogen-bond donors (Lipinski definition) is 1. The highest BCUT2D eigenvalue weighted by Gasteiger charge is 2.33. The number of hydrogen-bond acceptors (Lipinski definition) is 3. The van der Waals surface area contributed by atoms with Crippen LogP contribution in [0, 0.1) is 0 Å². The van der Waals surface area contributed by atoms with Crippen LogP contribution in [0.3, 0.4) is 0 Å². The van der Waals surface area contributed by atoms with Crippen molar-refractivity contribution in [1.29, 1.82) is 0 Å². The Labute approximate surface area is 91.6 Å². The maximum atomic E-state index is 12.3. The Morgan fingerprint density at radius 2 is 1.93 bits per heavy atom. The van der Waals surface area contributed by atoms with Gasteiger partial charge in [0, 0.05) is 16.9 Å². The first-order chi connectivity index (χ1) is 6.36. The first-order valence-electron chi connectivity index (χ1n) is 3.36. The maximum absolute atomic E-state index is 12.3. The van der Waals surface area contributed by atoms with Gasteiger partial charge in [0.1, 0.15) is 5.69 Å². The molecule has 7 heteroatoms. The number of anilines is 1. The van der Waals surface area contributed by atoms with Gasteiger partial charge in [-0.2, -0.15) is 17.5 Å². The summed E-state index contributed by atoms with van der Waals surface area (Å²) in [4.78, 5) is 0. The first-order valence-corrected chi connectivity index (χ1v) is 4.51. The minimum absolute atomic E-state index is 0.0875. The fourth-order valence-corrected chi connectivity index (χ4v) is 1.59. The molecule has 0 aliphatic carbocycles. The van der Waals surface area contributed by atoms with E-state index in [0.717, 1.165) is 12.1 Å². The van der Waals surface area contributed by atoms with E-state index < -0.39 is 11.7 Å². The number of alkyl halides is 3. The highest BCUT2D eigenvalue weighted by atomic mass is 79.9. The standard InChI is InChI=1S/C7H4BrF3N2S/c8-4-2-6(13-14)5(12)1-3(4)7(9,10)11/h1-2H,12H2. The van der Waals surface area contributed by atoms with Crippen LogP contribution in [0.15, 0.2) is 21.0 Å². The smallest absolute Gasteiger partial charge is 0.397 e. The predicted molar refractivity (Wildman–Crippen MR) is 53.0 cm³/mol. The third-order valence-electron chi connectivity index (χ3n) is 1.52. The molecule has 0 aromatic heterocycles. The van der Waals surface area contributed by atoms with E-state index in [4.69, 9.17) is 5.73 Å². The van der Waals surface area contributed by atoms with Gasteiger partial charge in [-0.3, -0.25) is 0 Å². The van der Waals surface area contributed by atoms with Gasteiger partial charge >= 0.3 is 6.18 Å². The number of benzene rings is 1. The minimum atomic E-state index is -4.44. The fraction of sp³-hybridized carbons (Fsp3) is 0.143. The van der Waals surface area contributed by atoms with E-state index in [-0.39, 0.29) is 15.8 Å². The lowest BCUT2D eigenvalue weighted by Crippen LogP contribution is -2.06. The summed E-state index contributed by atoms with van der Waals surface area (Å²) in [5.74, 6) is 0. The molecule has 0 fully saturated rings. The van der Waals surface area contributed by atoms with Crippen LogP contribution in [-0.4, -0.2) is 0 Å². The third kappa shape index (κ3) is 2.21. The van der Waals surface area contributed by atoms with Gasteiger partial charge in [0.05, 0.1) is 11.3 Å². The number of nitrogens with zero attached hydrogens (tertiary/aromatic N) is 1. The van der Waals surface area contributed by atoms with Crippen LogP contribution >= 0.6 is 15.9 Å². The molecule has 0 bridgehead atoms. The van der Waals surface area contributed by atoms with Gasteiger partial charge in [-0.05, 0) is 12.1 Å². The van der Waals surface area contributed by atoms with Gasteiger partial charge < -0.3 is 5.73 Å². The van der Waals surface area contributed by atoms with Crippen LogP contribution in [0.1, 0.15) is 5.56 Å². The Kier molecular flexibility index (Phi) is 3.10. The van der Waals surface area contributed by atoms with Crippen LogP contribution in [0.4, 0.5) is 24.5 Å². The van der Waals surface area contributed by atoms with Crippen molar-refractivity contribution in [2.24, 2.45) is 4.36 Å². The SMILES string of the molecule is Nc1cc(C(F)(F)F)c(Br)cc1N=S. The molecular formula is C7H4BrF3N2S. The molecule has 0 amide bonds. The minimum Gasteiger partial charge on any atom is -0.397 e. The molecule has 0 saturated carbocycles. The summed E-state index contributed by atoms with van der Waals surface area (Å²) in [5, 5.41) is 0. The third-order valence-corrected chi connectivity index (χ3v) is 2.37. The van der Waals surface area contributed by atoms with E-state index in [1.807, 2.05) is 0 Å². The van der Waals surface area contributed by atoms with E-state index in [2.05, 4.69) is 32.7 Å². The highest BCUT2D eigenvalue weighted by molar-refractivity contribution is 9.10. The topological polar surface area (TPSA) is 38.4 Å². The molecule has 0 saturated heterocycles. The van der Waals surface area contributed by atoms with Gasteiger partial charge in [0.2, 0.25) is 0 Å². The number of halogens is 4. The zero-order valence-electron chi connectivity index (χ0n) is 6.60. The Hall–Kier alpha value is -0.690. The van der Waals surface area contributed by atoms with Crippen LogP contribution in [0.5, 0.6) is 0 Å². The van der Waals surface area contributed by atoms with Crippen molar-refractivity contribution in [3.63, 3.8) is 0 Å². The molecule has 0 aliphatic rings. The average Bonchev–Trinajstić information content (AvgIpc) is 2.06. The molecule has 2 N–H and O–H groups in total. The molecule has 14 heavy (non-hydrogen) atoms. The molecule has 0 heterocycles. The molecular weight excluding hydrogens is 281 g/mol. The number of nitrogens with two attached hydrogens (primary N) is 1. The molecule has 0 spiro atoms. The van der Waals surface area contributed by atoms with Crippen molar-refractivity contribution < 1.29 is 13.2 Å². The Morgan fingerprint density at radius 1 is 1.36 bits per heavy atom. The average molecular weight is 285 g/mol. The van der Waals surface area contributed by atoms with Crippen LogP contribution < -0.4 is 5.73 Å². The largest absolute Gasteiger partial charge is 0.417 e. The molecule has 1 aromatic rings. The molecule has 2 nitrogen and oxygen atoms in total. The van der Waals surface area contributed by atoms with E-state index >= 15 is 0 Å². The summed E-state index contributed by atoms with van der Waals surface area (Å²) >= 11 is 7.12. The predicted octanol–water partition coefficient (Wildman–Crippen LogP) is 3.41. The maximum Gasteiger partial charge on any atom is 0.417 e. The molecule has 1 rings (SSSR count). The first kappa shape index (κ1) is 11.4. The molecule has 0 atom stereocenters. The summed E-state index contributed by atoms with van der Waals surface area (Å²) < 4.78 is 40.2. The van der Waals surface area contributed by atoms with Crippen molar-refractivity contribution >= 4 is 39.7 Å². The second kappa shape index (κ2) is 3.82. The van der Waals surface area contributed by atoms with Gasteiger partial charge in [-0.25, -0.2) is 0 Å². The van der Waals surface area contributed by atoms with Crippen molar-refractivity contribution in [1.82, 2.24) is 0 Å². The molecule has 0 unspecified atom stereocenters. The van der Waals surface area contributed by atoms with Gasteiger partial charge in [-0.15, -0.1) is 0 Å². The Morgan fingerprint density at radius 3 is 2.36 bits per heavy atom. The summed E-state index contributed by atoms with van der Waals surface area (Å²) in [6, 6.07) is 1.94. The summed E-state index contributed by atoms with van der Waals surface area (Å²) in [7, 11) is 0. The number of nitrogen functional groups attached to an aromatic ring is 1. The van der Waals surface area contributed by atoms with E-state index in [1.165, 1.54) is 0 Å².